The van der Waals surface area contributed by atoms with Crippen molar-refractivity contribution in [3.05, 3.63) is 89.2 Å². The number of nitrogens with zero attached hydrogens (tertiary/aromatic N) is 2. The van der Waals surface area contributed by atoms with Gasteiger partial charge in [-0.15, -0.1) is 0 Å². The van der Waals surface area contributed by atoms with Crippen LogP contribution in [0.2, 0.25) is 0 Å². The fraction of sp³-hybridized carbons (Fsp3) is 0.514. The quantitative estimate of drug-likeness (QED) is 0.269. The summed E-state index contributed by atoms with van der Waals surface area (Å²) in [4.78, 5) is 27.0. The molecule has 44 heavy (non-hydrogen) atoms. The Morgan fingerprint density at radius 2 is 1.32 bits per heavy atom. The maximum Gasteiger partial charge on any atom is 0.269 e. The van der Waals surface area contributed by atoms with Gasteiger partial charge in [-0.2, -0.15) is 5.10 Å². The first-order chi connectivity index (χ1) is 21.3. The summed E-state index contributed by atoms with van der Waals surface area (Å²) >= 11 is 0. The maximum absolute atomic E-state index is 13.7. The zero-order chi connectivity index (χ0) is 30.9. The van der Waals surface area contributed by atoms with Gasteiger partial charge in [0.15, 0.2) is 0 Å². The number of hydrogen-bond donors (Lipinski definition) is 3. The molecule has 4 atom stereocenters. The summed E-state index contributed by atoms with van der Waals surface area (Å²) in [5.41, 5.74) is 1.48. The molecule has 2 saturated carbocycles. The third-order valence-corrected chi connectivity index (χ3v) is 8.61. The molecular formula is C35H46N4O5. The van der Waals surface area contributed by atoms with Crippen molar-refractivity contribution in [3.8, 4) is 0 Å². The summed E-state index contributed by atoms with van der Waals surface area (Å²) in [6.07, 6.45) is 7.31. The molecule has 2 aromatic carbocycles. The van der Waals surface area contributed by atoms with Crippen molar-refractivity contribution in [1.29, 1.82) is 0 Å². The van der Waals surface area contributed by atoms with Gasteiger partial charge < -0.3 is 25.2 Å². The monoisotopic (exact) mass is 602 g/mol. The molecule has 9 heteroatoms. The predicted molar refractivity (Wildman–Crippen MR) is 168 cm³/mol. The number of aliphatic hydroxyl groups is 1. The van der Waals surface area contributed by atoms with Gasteiger partial charge in [-0.3, -0.25) is 14.3 Å². The number of benzene rings is 2. The van der Waals surface area contributed by atoms with E-state index in [1.165, 1.54) is 4.68 Å². The highest BCUT2D eigenvalue weighted by atomic mass is 16.5. The molecule has 2 aliphatic carbocycles. The highest BCUT2D eigenvalue weighted by molar-refractivity contribution is 5.93. The van der Waals surface area contributed by atoms with E-state index in [4.69, 9.17) is 9.47 Å². The van der Waals surface area contributed by atoms with Gasteiger partial charge in [0.05, 0.1) is 43.2 Å². The topological polar surface area (TPSA) is 115 Å². The third kappa shape index (κ3) is 8.77. The van der Waals surface area contributed by atoms with E-state index >= 15 is 0 Å². The fourth-order valence-electron chi connectivity index (χ4n) is 6.13. The second kappa shape index (κ2) is 15.0. The lowest BCUT2D eigenvalue weighted by atomic mass is 9.92. The Bertz CT molecular complexity index is 1350. The van der Waals surface area contributed by atoms with Gasteiger partial charge >= 0.3 is 0 Å². The van der Waals surface area contributed by atoms with E-state index in [2.05, 4.69) is 15.7 Å². The number of aromatic nitrogens is 2. The zero-order valence-electron chi connectivity index (χ0n) is 25.9. The molecule has 3 N–H and O–H groups in total. The molecule has 0 saturated heterocycles. The van der Waals surface area contributed by atoms with E-state index in [9.17, 15) is 14.7 Å². The summed E-state index contributed by atoms with van der Waals surface area (Å²) in [5.74, 6) is -0.575. The van der Waals surface area contributed by atoms with Crippen LogP contribution in [-0.4, -0.2) is 51.0 Å². The Balaban J connectivity index is 1.24. The van der Waals surface area contributed by atoms with Gasteiger partial charge in [-0.1, -0.05) is 86.3 Å². The molecule has 1 aromatic heterocycles. The molecule has 1 heterocycles. The van der Waals surface area contributed by atoms with Crippen LogP contribution in [-0.2, 0) is 39.6 Å². The maximum atomic E-state index is 13.7. The van der Waals surface area contributed by atoms with Crippen LogP contribution in [0.3, 0.4) is 0 Å². The van der Waals surface area contributed by atoms with Crippen molar-refractivity contribution in [1.82, 2.24) is 20.4 Å². The third-order valence-electron chi connectivity index (χ3n) is 8.61. The number of carbonyl (C=O) groups is 2. The lowest BCUT2D eigenvalue weighted by Crippen LogP contribution is -2.48. The van der Waals surface area contributed by atoms with Crippen molar-refractivity contribution in [2.75, 3.05) is 0 Å². The highest BCUT2D eigenvalue weighted by Crippen LogP contribution is 2.25. The van der Waals surface area contributed by atoms with Gasteiger partial charge in [0.25, 0.3) is 5.91 Å². The van der Waals surface area contributed by atoms with Crippen LogP contribution in [0.15, 0.2) is 66.7 Å². The van der Waals surface area contributed by atoms with E-state index in [0.717, 1.165) is 62.5 Å². The van der Waals surface area contributed by atoms with Crippen LogP contribution in [0.4, 0.5) is 0 Å². The van der Waals surface area contributed by atoms with Crippen molar-refractivity contribution in [2.24, 2.45) is 0 Å². The molecule has 0 unspecified atom stereocenters. The van der Waals surface area contributed by atoms with E-state index in [-0.39, 0.29) is 48.3 Å². The lowest BCUT2D eigenvalue weighted by Gasteiger charge is -2.32. The number of amides is 2. The normalized spacial score (nSPS) is 22.3. The Kier molecular flexibility index (Phi) is 10.8. The fourth-order valence-corrected chi connectivity index (χ4v) is 6.13. The average molecular weight is 603 g/mol. The molecular weight excluding hydrogens is 556 g/mol. The second-order valence-electron chi connectivity index (χ2n) is 12.6. The number of rotatable bonds is 12. The van der Waals surface area contributed by atoms with Crippen LogP contribution in [0.5, 0.6) is 0 Å². The number of ether oxygens (including phenoxy) is 2. The molecule has 5 rings (SSSR count). The predicted octanol–water partition coefficient (Wildman–Crippen LogP) is 5.01. The number of hydrogen-bond acceptors (Lipinski definition) is 6. The molecule has 2 fully saturated rings. The Hall–Kier alpha value is -3.53. The van der Waals surface area contributed by atoms with Gasteiger partial charge in [0.1, 0.15) is 17.8 Å². The molecule has 2 aliphatic rings. The summed E-state index contributed by atoms with van der Waals surface area (Å²) < 4.78 is 13.9. The standard InChI is InChI=1S/C35H46N4O5/c1-35(2,42)32-21-29(34(41)37-28-18-10-12-20-31(28)44-24-26-15-7-4-8-16-26)39(38-32)22-33(40)36-27-17-9-11-19-30(27)43-23-25-13-5-3-6-14-25/h3-8,13-16,21,27-28,30-31,42H,9-12,17-20,22-24H2,1-2H3,(H,36,40)(H,37,41)/t27-,28-,30-,31-/m0/s1. The average Bonchev–Trinajstić information content (AvgIpc) is 3.46. The van der Waals surface area contributed by atoms with Gasteiger partial charge in [-0.05, 0) is 56.7 Å². The number of nitrogens with one attached hydrogen (secondary N) is 2. The second-order valence-corrected chi connectivity index (χ2v) is 12.6. The minimum Gasteiger partial charge on any atom is -0.384 e. The van der Waals surface area contributed by atoms with E-state index in [1.807, 2.05) is 60.7 Å². The van der Waals surface area contributed by atoms with Crippen LogP contribution in [0.1, 0.15) is 92.5 Å². The summed E-state index contributed by atoms with van der Waals surface area (Å²) in [7, 11) is 0. The van der Waals surface area contributed by atoms with Gasteiger partial charge in [0, 0.05) is 0 Å². The lowest BCUT2D eigenvalue weighted by molar-refractivity contribution is -0.124. The van der Waals surface area contributed by atoms with E-state index in [1.54, 1.807) is 19.9 Å². The molecule has 0 aliphatic heterocycles. The Morgan fingerprint density at radius 3 is 1.84 bits per heavy atom. The molecule has 236 valence electrons. The minimum atomic E-state index is -1.28. The van der Waals surface area contributed by atoms with Crippen molar-refractivity contribution >= 4 is 11.8 Å². The van der Waals surface area contributed by atoms with Crippen molar-refractivity contribution in [2.45, 2.75) is 115 Å². The zero-order valence-corrected chi connectivity index (χ0v) is 25.9. The number of carbonyl (C=O) groups excluding carboxylic acids is 2. The highest BCUT2D eigenvalue weighted by Gasteiger charge is 2.32. The van der Waals surface area contributed by atoms with Gasteiger partial charge in [0.2, 0.25) is 5.91 Å². The molecule has 0 bridgehead atoms. The summed E-state index contributed by atoms with van der Waals surface area (Å²) in [6, 6.07) is 21.3. The molecule has 9 nitrogen and oxygen atoms in total. The van der Waals surface area contributed by atoms with Gasteiger partial charge in [-0.25, -0.2) is 0 Å². The van der Waals surface area contributed by atoms with Crippen molar-refractivity contribution in [3.63, 3.8) is 0 Å². The molecule has 3 aromatic rings. The van der Waals surface area contributed by atoms with Crippen molar-refractivity contribution < 1.29 is 24.2 Å². The molecule has 2 amide bonds. The first-order valence-electron chi connectivity index (χ1n) is 16.0. The van der Waals surface area contributed by atoms with Crippen LogP contribution in [0.25, 0.3) is 0 Å². The summed E-state index contributed by atoms with van der Waals surface area (Å²) in [6.45, 7) is 4.07. The first-order valence-corrected chi connectivity index (χ1v) is 16.0. The van der Waals surface area contributed by atoms with E-state index in [0.29, 0.717) is 18.9 Å². The minimum absolute atomic E-state index is 0.0839. The summed E-state index contributed by atoms with van der Waals surface area (Å²) in [5, 5.41) is 21.5. The first kappa shape index (κ1) is 31.9. The Morgan fingerprint density at radius 1 is 0.818 bits per heavy atom. The molecule has 0 spiro atoms. The van der Waals surface area contributed by atoms with E-state index < -0.39 is 5.60 Å². The smallest absolute Gasteiger partial charge is 0.269 e. The Labute approximate surface area is 260 Å². The van der Waals surface area contributed by atoms with Crippen LogP contribution < -0.4 is 10.6 Å². The largest absolute Gasteiger partial charge is 0.384 e. The SMILES string of the molecule is CC(C)(O)c1cc(C(=O)N[C@H]2CCCC[C@@H]2OCc2ccccc2)n(CC(=O)N[C@H]2CCCC[C@@H]2OCc2ccccc2)n1. The van der Waals surface area contributed by atoms with Crippen LogP contribution in [0, 0.1) is 0 Å². The molecule has 0 radical (unpaired) electrons. The van der Waals surface area contributed by atoms with Crippen LogP contribution >= 0.6 is 0 Å².